The Hall–Kier alpha value is 1.42. The van der Waals surface area contributed by atoms with Crippen LogP contribution in [0, 0.1) is 0 Å². The van der Waals surface area contributed by atoms with E-state index in [0.29, 0.717) is 0 Å². The zero-order chi connectivity index (χ0) is 24.4. The van der Waals surface area contributed by atoms with E-state index in [4.69, 9.17) is 9.11 Å². The Labute approximate surface area is 335 Å². The SMILES string of the molecule is O=C(O)c1ccccc1C(O)(c1ccc(OS(=O)(=O)O)cc1)c1ccc(OS(=O)(=O)O)cc1.[K].[K].[K]. The summed E-state index contributed by atoms with van der Waals surface area (Å²) in [4.78, 5) is 11.8. The molecule has 16 heteroatoms. The van der Waals surface area contributed by atoms with Crippen molar-refractivity contribution in [2.75, 3.05) is 0 Å². The second kappa shape index (κ2) is 15.4. The molecule has 3 aromatic rings. The van der Waals surface area contributed by atoms with E-state index in [1.54, 1.807) is 0 Å². The fraction of sp³-hybridized carbons (Fsp3) is 0.0500. The van der Waals surface area contributed by atoms with Gasteiger partial charge in [0.1, 0.15) is 17.1 Å². The van der Waals surface area contributed by atoms with E-state index in [1.807, 2.05) is 0 Å². The summed E-state index contributed by atoms with van der Waals surface area (Å²) in [5, 5.41) is 21.4. The first kappa shape index (κ1) is 37.4. The summed E-state index contributed by atoms with van der Waals surface area (Å²) in [5.74, 6) is -1.87. The van der Waals surface area contributed by atoms with Gasteiger partial charge in [-0.15, -0.1) is 0 Å². The standard InChI is InChI=1S/C20H16O11S2.3K/c21-19(22)17-3-1-2-4-18(17)20(23,13-5-9-15(10-6-13)30-32(24,25)26)14-7-11-16(12-8-14)31-33(27,28)29;;;/h1-12,23H,(H,21,22)(H,24,25,26)(H,27,28,29);;;. The van der Waals surface area contributed by atoms with Crippen LogP contribution in [-0.2, 0) is 26.4 Å². The van der Waals surface area contributed by atoms with E-state index in [1.165, 1.54) is 48.5 Å². The molecule has 0 fully saturated rings. The van der Waals surface area contributed by atoms with E-state index >= 15 is 0 Å². The van der Waals surface area contributed by atoms with Gasteiger partial charge in [-0.2, -0.15) is 16.8 Å². The maximum atomic E-state index is 11.8. The Morgan fingerprint density at radius 3 is 1.36 bits per heavy atom. The summed E-state index contributed by atoms with van der Waals surface area (Å²) in [5.41, 5.74) is -2.24. The summed E-state index contributed by atoms with van der Waals surface area (Å²) < 4.78 is 70.1. The Morgan fingerprint density at radius 1 is 0.667 bits per heavy atom. The molecule has 36 heavy (non-hydrogen) atoms. The van der Waals surface area contributed by atoms with Gasteiger partial charge in [0.05, 0.1) is 5.56 Å². The largest absolute Gasteiger partial charge is 0.478 e. The molecule has 0 aliphatic carbocycles. The molecular formula is C20H16K3O11S2. The summed E-state index contributed by atoms with van der Waals surface area (Å²) in [6.07, 6.45) is 0. The molecule has 11 nitrogen and oxygen atoms in total. The minimum absolute atomic E-state index is 0. The van der Waals surface area contributed by atoms with Crippen molar-refractivity contribution in [1.29, 1.82) is 0 Å². The molecule has 0 amide bonds. The van der Waals surface area contributed by atoms with E-state index in [0.717, 1.165) is 24.3 Å². The van der Waals surface area contributed by atoms with Crippen molar-refractivity contribution in [2.24, 2.45) is 0 Å². The van der Waals surface area contributed by atoms with Crippen LogP contribution >= 0.6 is 0 Å². The van der Waals surface area contributed by atoms with Gasteiger partial charge in [-0.3, -0.25) is 9.11 Å². The number of carboxylic acids is 1. The first-order valence-electron chi connectivity index (χ1n) is 8.89. The van der Waals surface area contributed by atoms with Gasteiger partial charge in [0.25, 0.3) is 0 Å². The maximum absolute atomic E-state index is 11.8. The Kier molecular flexibility index (Phi) is 16.0. The zero-order valence-corrected chi connectivity index (χ0v) is 30.4. The fourth-order valence-corrected chi connectivity index (χ4v) is 3.92. The van der Waals surface area contributed by atoms with Crippen molar-refractivity contribution in [3.63, 3.8) is 0 Å². The Bertz CT molecular complexity index is 1320. The zero-order valence-electron chi connectivity index (χ0n) is 19.4. The average Bonchev–Trinajstić information content (AvgIpc) is 2.72. The van der Waals surface area contributed by atoms with Crippen molar-refractivity contribution in [1.82, 2.24) is 0 Å². The summed E-state index contributed by atoms with van der Waals surface area (Å²) in [7, 11) is -9.58. The molecule has 0 unspecified atom stereocenters. The number of carbonyl (C=O) groups is 1. The van der Waals surface area contributed by atoms with Gasteiger partial charge < -0.3 is 18.6 Å². The number of hydrogen-bond acceptors (Lipinski definition) is 8. The fourth-order valence-electron chi connectivity index (χ4n) is 3.21. The molecule has 0 atom stereocenters. The Balaban J connectivity index is 0.00000408. The normalized spacial score (nSPS) is 11.2. The van der Waals surface area contributed by atoms with Crippen LogP contribution in [0.3, 0.4) is 0 Å². The van der Waals surface area contributed by atoms with Crippen LogP contribution < -0.4 is 8.37 Å². The number of aromatic carboxylic acids is 1. The second-order valence-electron chi connectivity index (χ2n) is 6.63. The van der Waals surface area contributed by atoms with Crippen LogP contribution in [0.1, 0.15) is 27.0 Å². The van der Waals surface area contributed by atoms with Gasteiger partial charge in [0.15, 0.2) is 0 Å². The van der Waals surface area contributed by atoms with Crippen molar-refractivity contribution in [3.8, 4) is 11.5 Å². The van der Waals surface area contributed by atoms with Gasteiger partial charge in [0.2, 0.25) is 0 Å². The van der Waals surface area contributed by atoms with E-state index < -0.39 is 32.4 Å². The molecule has 0 saturated heterocycles. The number of rotatable bonds is 8. The molecule has 3 radical (unpaired) electrons. The molecule has 4 N–H and O–H groups in total. The molecular weight excluding hydrogens is 598 g/mol. The molecule has 0 saturated carbocycles. The first-order valence-corrected chi connectivity index (χ1v) is 11.6. The van der Waals surface area contributed by atoms with Crippen molar-refractivity contribution in [2.45, 2.75) is 5.60 Å². The Morgan fingerprint density at radius 2 is 1.03 bits per heavy atom. The van der Waals surface area contributed by atoms with Gasteiger partial charge in [-0.1, -0.05) is 42.5 Å². The molecule has 0 spiro atoms. The van der Waals surface area contributed by atoms with E-state index in [9.17, 15) is 31.8 Å². The quantitative estimate of drug-likeness (QED) is 0.161. The monoisotopic (exact) mass is 613 g/mol. The molecule has 3 rings (SSSR count). The van der Waals surface area contributed by atoms with Crippen LogP contribution in [0.4, 0.5) is 0 Å². The molecule has 3 aromatic carbocycles. The van der Waals surface area contributed by atoms with Gasteiger partial charge in [-0.25, -0.2) is 4.79 Å². The summed E-state index contributed by atoms with van der Waals surface area (Å²) in [6, 6.07) is 15.1. The van der Waals surface area contributed by atoms with Crippen LogP contribution in [0.25, 0.3) is 0 Å². The third-order valence-corrected chi connectivity index (χ3v) is 5.30. The van der Waals surface area contributed by atoms with Crippen molar-refractivity contribution >= 4 is 181 Å². The predicted molar refractivity (Wildman–Crippen MR) is 130 cm³/mol. The summed E-state index contributed by atoms with van der Waals surface area (Å²) in [6.45, 7) is 0. The van der Waals surface area contributed by atoms with E-state index in [-0.39, 0.29) is 188 Å². The number of benzene rings is 3. The number of hydrogen-bond donors (Lipinski definition) is 4. The molecule has 0 aromatic heterocycles. The van der Waals surface area contributed by atoms with Crippen molar-refractivity contribution < 1.29 is 49.3 Å². The van der Waals surface area contributed by atoms with Crippen LogP contribution in [0.15, 0.2) is 72.8 Å². The van der Waals surface area contributed by atoms with Crippen LogP contribution in [-0.4, -0.2) is 196 Å². The minimum Gasteiger partial charge on any atom is -0.478 e. The van der Waals surface area contributed by atoms with E-state index in [2.05, 4.69) is 8.37 Å². The average molecular weight is 614 g/mol. The predicted octanol–water partition coefficient (Wildman–Crippen LogP) is 0.890. The molecule has 177 valence electrons. The molecule has 0 aliphatic rings. The van der Waals surface area contributed by atoms with Crippen LogP contribution in [0.5, 0.6) is 11.5 Å². The number of carboxylic acid groups (broad SMARTS) is 1. The second-order valence-corrected chi connectivity index (χ2v) is 8.68. The minimum atomic E-state index is -4.79. The molecule has 0 bridgehead atoms. The third-order valence-electron chi connectivity index (χ3n) is 4.49. The third kappa shape index (κ3) is 10.1. The van der Waals surface area contributed by atoms with Gasteiger partial charge in [-0.05, 0) is 41.5 Å². The van der Waals surface area contributed by atoms with Gasteiger partial charge in [0, 0.05) is 160 Å². The number of aliphatic hydroxyl groups is 1. The summed E-state index contributed by atoms with van der Waals surface area (Å²) >= 11 is 0. The molecule has 0 aliphatic heterocycles. The topological polar surface area (TPSA) is 185 Å². The maximum Gasteiger partial charge on any atom is 0.446 e. The molecule has 0 heterocycles. The first-order chi connectivity index (χ1) is 15.3. The smallest absolute Gasteiger partial charge is 0.446 e. The van der Waals surface area contributed by atoms with Gasteiger partial charge >= 0.3 is 26.8 Å². The van der Waals surface area contributed by atoms with Crippen molar-refractivity contribution in [3.05, 3.63) is 95.1 Å². The van der Waals surface area contributed by atoms with Crippen LogP contribution in [0.2, 0.25) is 0 Å².